The van der Waals surface area contributed by atoms with Crippen molar-refractivity contribution < 1.29 is 25.2 Å². The van der Waals surface area contributed by atoms with Gasteiger partial charge in [0.1, 0.15) is 0 Å². The first-order chi connectivity index (χ1) is 7.51. The highest BCUT2D eigenvalue weighted by Gasteiger charge is 2.97. The molecule has 0 bridgehead atoms. The number of rotatable bonds is 3. The van der Waals surface area contributed by atoms with Gasteiger partial charge in [0.05, 0.1) is 13.7 Å². The second-order valence-electron chi connectivity index (χ2n) is 4.78. The van der Waals surface area contributed by atoms with E-state index in [1.54, 1.807) is 0 Å². The normalized spacial score (nSPS) is 60.6. The predicted octanol–water partition coefficient (Wildman–Crippen LogP) is -4.71. The number of hydrogen-bond acceptors (Lipinski definition) is 5. The minimum absolute atomic E-state index is 0.127. The van der Waals surface area contributed by atoms with Gasteiger partial charge >= 0.3 is 0 Å². The molecule has 92 valence electrons. The number of nitrogens with one attached hydrogen (secondary N) is 3. The Labute approximate surface area is 91.9 Å². The quantitative estimate of drug-likeness (QED) is 0.258. The van der Waals surface area contributed by atoms with Crippen molar-refractivity contribution in [2.75, 3.05) is 13.7 Å². The fourth-order valence-corrected chi connectivity index (χ4v) is 3.33. The van der Waals surface area contributed by atoms with Gasteiger partial charge < -0.3 is 25.4 Å². The minimum Gasteiger partial charge on any atom is -0.634 e. The number of ether oxygens (including phenoxy) is 1. The monoisotopic (exact) mass is 233 g/mol. The summed E-state index contributed by atoms with van der Waals surface area (Å²) >= 11 is 0. The molecule has 16 heavy (non-hydrogen) atoms. The lowest BCUT2D eigenvalue weighted by Crippen LogP contribution is -3.27. The van der Waals surface area contributed by atoms with Crippen LogP contribution in [0, 0.1) is 15.6 Å². The van der Waals surface area contributed by atoms with Crippen LogP contribution in [-0.2, 0) is 9.68 Å². The Kier molecular flexibility index (Phi) is 1.97. The van der Waals surface area contributed by atoms with E-state index >= 15 is 0 Å². The number of hydrogen-bond donors (Lipinski definition) is 3. The van der Waals surface area contributed by atoms with Gasteiger partial charge in [-0.2, -0.15) is 10.5 Å². The van der Waals surface area contributed by atoms with Gasteiger partial charge in [-0.3, -0.25) is 0 Å². The van der Waals surface area contributed by atoms with Gasteiger partial charge in [0.2, 0.25) is 12.1 Å². The summed E-state index contributed by atoms with van der Waals surface area (Å²) in [6.07, 6.45) is 0.621. The standard InChI is InChI=1S/C8H15N3O5/c1-3-7(4-15-7)8-5(9(2)12)6(8)10(13)16-11(8)14/h5-6,9-11H,3-4H2,1-2H3/t5?,6?,7?,8-/m1/s1. The molecule has 0 spiro atoms. The molecular formula is C8H15N3O5. The highest BCUT2D eigenvalue weighted by Crippen LogP contribution is 2.52. The molecule has 2 aliphatic heterocycles. The minimum atomic E-state index is -0.995. The highest BCUT2D eigenvalue weighted by molar-refractivity contribution is 5.29. The third kappa shape index (κ3) is 0.928. The molecule has 6 unspecified atom stereocenters. The molecule has 2 heterocycles. The molecule has 1 aliphatic carbocycles. The topological polar surface area (TPSA) is 104 Å². The van der Waals surface area contributed by atoms with Crippen molar-refractivity contribution in [2.24, 2.45) is 0 Å². The maximum absolute atomic E-state index is 11.8. The van der Waals surface area contributed by atoms with E-state index in [2.05, 4.69) is 4.94 Å². The van der Waals surface area contributed by atoms with Crippen molar-refractivity contribution in [3.05, 3.63) is 15.6 Å². The Morgan fingerprint density at radius 2 is 2.12 bits per heavy atom. The van der Waals surface area contributed by atoms with Crippen LogP contribution in [0.25, 0.3) is 0 Å². The third-order valence-electron chi connectivity index (χ3n) is 4.25. The molecule has 0 aromatic heterocycles. The second-order valence-corrected chi connectivity index (χ2v) is 4.78. The Morgan fingerprint density at radius 1 is 1.50 bits per heavy atom. The zero-order valence-corrected chi connectivity index (χ0v) is 9.11. The molecule has 3 rings (SSSR count). The van der Waals surface area contributed by atoms with Gasteiger partial charge in [0.15, 0.2) is 5.60 Å². The van der Waals surface area contributed by atoms with E-state index in [0.29, 0.717) is 13.0 Å². The van der Waals surface area contributed by atoms with Crippen molar-refractivity contribution in [2.45, 2.75) is 36.6 Å². The van der Waals surface area contributed by atoms with Gasteiger partial charge in [-0.15, -0.1) is 0 Å². The number of hydroxylamine groups is 6. The van der Waals surface area contributed by atoms with E-state index in [1.807, 2.05) is 6.92 Å². The summed E-state index contributed by atoms with van der Waals surface area (Å²) < 4.78 is 5.37. The fourth-order valence-electron chi connectivity index (χ4n) is 3.33. The summed E-state index contributed by atoms with van der Waals surface area (Å²) in [6.45, 7) is 2.33. The summed E-state index contributed by atoms with van der Waals surface area (Å²) in [4.78, 5) is 4.63. The molecule has 0 aromatic rings. The number of quaternary nitrogens is 3. The van der Waals surface area contributed by atoms with Crippen LogP contribution in [0.4, 0.5) is 0 Å². The molecule has 3 N–H and O–H groups in total. The van der Waals surface area contributed by atoms with Crippen molar-refractivity contribution >= 4 is 0 Å². The van der Waals surface area contributed by atoms with Gasteiger partial charge in [-0.1, -0.05) is 6.92 Å². The summed E-state index contributed by atoms with van der Waals surface area (Å²) in [5.41, 5.74) is -1.62. The zero-order chi connectivity index (χ0) is 11.7. The molecule has 8 nitrogen and oxygen atoms in total. The van der Waals surface area contributed by atoms with Crippen molar-refractivity contribution in [3.63, 3.8) is 0 Å². The van der Waals surface area contributed by atoms with E-state index in [9.17, 15) is 15.6 Å². The molecular weight excluding hydrogens is 218 g/mol. The van der Waals surface area contributed by atoms with Crippen LogP contribution in [0.15, 0.2) is 0 Å². The lowest BCUT2D eigenvalue weighted by atomic mass is 9.94. The first-order valence-corrected chi connectivity index (χ1v) is 5.42. The molecule has 3 aliphatic rings. The maximum Gasteiger partial charge on any atom is 0.283 e. The molecule has 0 amide bonds. The number of epoxide rings is 1. The zero-order valence-electron chi connectivity index (χ0n) is 9.11. The van der Waals surface area contributed by atoms with Crippen LogP contribution in [-0.4, -0.2) is 36.9 Å². The summed E-state index contributed by atoms with van der Waals surface area (Å²) in [7, 11) is 1.41. The Balaban J connectivity index is 1.98. The summed E-state index contributed by atoms with van der Waals surface area (Å²) in [5, 5.41) is 33.6. The third-order valence-corrected chi connectivity index (χ3v) is 4.25. The molecule has 1 saturated carbocycles. The first kappa shape index (κ1) is 10.8. The molecule has 0 aromatic carbocycles. The molecule has 0 radical (unpaired) electrons. The van der Waals surface area contributed by atoms with E-state index in [-0.39, 0.29) is 5.06 Å². The number of likely N-dealkylation sites (N-methyl/N-ethyl adjacent to an activating group) is 1. The average Bonchev–Trinajstić information content (AvgIpc) is 3.09. The van der Waals surface area contributed by atoms with Crippen molar-refractivity contribution in [3.8, 4) is 0 Å². The largest absolute Gasteiger partial charge is 0.634 e. The predicted molar refractivity (Wildman–Crippen MR) is 49.3 cm³/mol. The fraction of sp³-hybridized carbons (Fsp3) is 1.00. The van der Waals surface area contributed by atoms with E-state index in [1.165, 1.54) is 7.05 Å². The van der Waals surface area contributed by atoms with Gasteiger partial charge in [0, 0.05) is 0 Å². The number of fused-ring (bicyclic) bond motifs is 1. The van der Waals surface area contributed by atoms with Crippen LogP contribution in [0.3, 0.4) is 0 Å². The van der Waals surface area contributed by atoms with Crippen molar-refractivity contribution in [1.29, 1.82) is 0 Å². The summed E-state index contributed by atoms with van der Waals surface area (Å²) in [6, 6.07) is -1.12. The van der Waals surface area contributed by atoms with Gasteiger partial charge in [-0.25, -0.2) is 0 Å². The van der Waals surface area contributed by atoms with Crippen LogP contribution < -0.4 is 15.5 Å². The first-order valence-electron chi connectivity index (χ1n) is 5.42. The van der Waals surface area contributed by atoms with Crippen molar-refractivity contribution in [1.82, 2.24) is 0 Å². The van der Waals surface area contributed by atoms with Crippen LogP contribution in [0.5, 0.6) is 0 Å². The van der Waals surface area contributed by atoms with Crippen LogP contribution in [0.1, 0.15) is 13.3 Å². The SMILES string of the molecule is CCC1([C@@]23C([NH+](C)[O-])C2[NH+]([O-])O[NH+]3[O-])CO1. The lowest BCUT2D eigenvalue weighted by molar-refractivity contribution is -1.29. The van der Waals surface area contributed by atoms with Gasteiger partial charge in [-0.05, 0) is 11.4 Å². The van der Waals surface area contributed by atoms with Crippen LogP contribution in [0.2, 0.25) is 0 Å². The average molecular weight is 233 g/mol. The molecule has 3 fully saturated rings. The Morgan fingerprint density at radius 3 is 2.50 bits per heavy atom. The van der Waals surface area contributed by atoms with E-state index < -0.39 is 33.7 Å². The molecule has 8 heteroatoms. The highest BCUT2D eigenvalue weighted by atomic mass is 17.1. The van der Waals surface area contributed by atoms with Gasteiger partial charge in [0.25, 0.3) is 5.54 Å². The van der Waals surface area contributed by atoms with Crippen LogP contribution >= 0.6 is 0 Å². The molecule has 7 atom stereocenters. The maximum atomic E-state index is 11.8. The van der Waals surface area contributed by atoms with E-state index in [0.717, 1.165) is 0 Å². The lowest BCUT2D eigenvalue weighted by Gasteiger charge is -2.29. The Hall–Kier alpha value is -0.320. The summed E-state index contributed by atoms with van der Waals surface area (Å²) in [5.74, 6) is 0. The second kappa shape index (κ2) is 2.92. The van der Waals surface area contributed by atoms with E-state index in [4.69, 9.17) is 4.74 Å². The smallest absolute Gasteiger partial charge is 0.283 e. The Bertz CT molecular complexity index is 317. The molecule has 2 saturated heterocycles.